The van der Waals surface area contributed by atoms with Crippen molar-refractivity contribution in [2.75, 3.05) is 14.2 Å². The maximum absolute atomic E-state index is 12.2. The topological polar surface area (TPSA) is 88.6 Å². The summed E-state index contributed by atoms with van der Waals surface area (Å²) in [7, 11) is 2.81. The van der Waals surface area contributed by atoms with Gasteiger partial charge in [0.25, 0.3) is 0 Å². The first-order valence-corrected chi connectivity index (χ1v) is 8.17. The molecule has 0 aliphatic heterocycles. The van der Waals surface area contributed by atoms with Crippen LogP contribution in [0.15, 0.2) is 5.38 Å². The number of hydrogen-bond acceptors (Lipinski definition) is 6. The summed E-state index contributed by atoms with van der Waals surface area (Å²) in [5, 5.41) is 5.44. The third-order valence-electron chi connectivity index (χ3n) is 3.28. The van der Waals surface area contributed by atoms with E-state index in [-0.39, 0.29) is 0 Å². The van der Waals surface area contributed by atoms with E-state index >= 15 is 0 Å². The monoisotopic (exact) mass is 341 g/mol. The van der Waals surface area contributed by atoms with Crippen LogP contribution in [0.1, 0.15) is 37.4 Å². The van der Waals surface area contributed by atoms with Crippen LogP contribution in [0, 0.1) is 5.92 Å². The molecule has 0 aromatic carbocycles. The lowest BCUT2D eigenvalue weighted by Gasteiger charge is -2.23. The smallest absolute Gasteiger partial charge is 0.329 e. The highest BCUT2D eigenvalue weighted by Gasteiger charge is 2.28. The Labute approximate surface area is 140 Å². The van der Waals surface area contributed by atoms with Crippen LogP contribution in [-0.2, 0) is 20.9 Å². The zero-order chi connectivity index (χ0) is 17.6. The highest BCUT2D eigenvalue weighted by molar-refractivity contribution is 7.09. The number of methoxy groups -OCH3 is 1. The van der Waals surface area contributed by atoms with E-state index in [1.165, 1.54) is 12.0 Å². The molecule has 0 aliphatic carbocycles. The maximum Gasteiger partial charge on any atom is 0.329 e. The number of carbonyl (C=O) groups is 3. The second kappa shape index (κ2) is 8.61. The van der Waals surface area contributed by atoms with Gasteiger partial charge in [0.1, 0.15) is 12.3 Å². The van der Waals surface area contributed by atoms with E-state index in [4.69, 9.17) is 0 Å². The van der Waals surface area contributed by atoms with Crippen LogP contribution in [0.5, 0.6) is 0 Å². The molecule has 128 valence electrons. The second-order valence-corrected chi connectivity index (χ2v) is 6.52. The minimum Gasteiger partial charge on any atom is -0.467 e. The van der Waals surface area contributed by atoms with Gasteiger partial charge in [-0.2, -0.15) is 0 Å². The van der Waals surface area contributed by atoms with Gasteiger partial charge in [-0.25, -0.2) is 14.6 Å². The first-order chi connectivity index (χ1) is 10.8. The summed E-state index contributed by atoms with van der Waals surface area (Å²) in [6.07, 6.45) is 0.608. The van der Waals surface area contributed by atoms with E-state index in [9.17, 15) is 14.4 Å². The Morgan fingerprint density at radius 1 is 1.43 bits per heavy atom. The second-order valence-electron chi connectivity index (χ2n) is 5.63. The fraction of sp³-hybridized carbons (Fsp3) is 0.600. The Bertz CT molecular complexity index is 559. The molecule has 7 nitrogen and oxygen atoms in total. The molecule has 0 aliphatic rings. The van der Waals surface area contributed by atoms with Gasteiger partial charge in [-0.1, -0.05) is 20.8 Å². The molecule has 1 aromatic heterocycles. The molecule has 2 amide bonds. The van der Waals surface area contributed by atoms with Crippen LogP contribution >= 0.6 is 11.3 Å². The number of carbonyl (C=O) groups excluding carboxylic acids is 3. The molecule has 0 saturated carbocycles. The van der Waals surface area contributed by atoms with E-state index < -0.39 is 24.0 Å². The van der Waals surface area contributed by atoms with Gasteiger partial charge in [-0.3, -0.25) is 0 Å². The minimum absolute atomic E-state index is 0.318. The van der Waals surface area contributed by atoms with Crippen molar-refractivity contribution in [2.45, 2.75) is 39.3 Å². The number of esters is 1. The van der Waals surface area contributed by atoms with Crippen molar-refractivity contribution in [2.24, 2.45) is 5.92 Å². The summed E-state index contributed by atoms with van der Waals surface area (Å²) < 4.78 is 4.62. The third kappa shape index (κ3) is 5.31. The van der Waals surface area contributed by atoms with Gasteiger partial charge in [-0.15, -0.1) is 11.3 Å². The zero-order valence-corrected chi connectivity index (χ0v) is 14.8. The normalized spacial score (nSPS) is 13.3. The number of nitrogens with one attached hydrogen (secondary N) is 1. The standard InChI is InChI=1S/C15H23N3O4S/c1-9(2)13-16-11(8-23-13)6-18(4)15(21)17-12(10(3)7-19)14(20)22-5/h7-10,12H,6H2,1-5H3,(H,17,21)/t10?,12-/m0/s1. The molecule has 2 atom stereocenters. The van der Waals surface area contributed by atoms with E-state index in [2.05, 4.69) is 28.9 Å². The molecular formula is C15H23N3O4S. The number of urea groups is 1. The van der Waals surface area contributed by atoms with Crippen LogP contribution < -0.4 is 5.32 Å². The summed E-state index contributed by atoms with van der Waals surface area (Å²) in [5.74, 6) is -0.987. The van der Waals surface area contributed by atoms with Crippen molar-refractivity contribution in [1.82, 2.24) is 15.2 Å². The molecule has 1 heterocycles. The van der Waals surface area contributed by atoms with E-state index in [1.807, 2.05) is 5.38 Å². The molecule has 1 N–H and O–H groups in total. The predicted molar refractivity (Wildman–Crippen MR) is 87.2 cm³/mol. The largest absolute Gasteiger partial charge is 0.467 e. The Kier molecular flexibility index (Phi) is 7.15. The SMILES string of the molecule is COC(=O)[C@@H](NC(=O)N(C)Cc1csc(C(C)C)n1)C(C)C=O. The van der Waals surface area contributed by atoms with Gasteiger partial charge in [0.05, 0.1) is 24.4 Å². The Balaban J connectivity index is 2.70. The highest BCUT2D eigenvalue weighted by atomic mass is 32.1. The van der Waals surface area contributed by atoms with Gasteiger partial charge in [0.15, 0.2) is 0 Å². The third-order valence-corrected chi connectivity index (χ3v) is 4.48. The fourth-order valence-electron chi connectivity index (χ4n) is 1.83. The molecule has 8 heteroatoms. The van der Waals surface area contributed by atoms with Crippen molar-refractivity contribution in [1.29, 1.82) is 0 Å². The molecule has 1 aromatic rings. The highest BCUT2D eigenvalue weighted by Crippen LogP contribution is 2.19. The van der Waals surface area contributed by atoms with Crippen molar-refractivity contribution in [3.8, 4) is 0 Å². The average molecular weight is 341 g/mol. The fourth-order valence-corrected chi connectivity index (χ4v) is 2.66. The number of hydrogen-bond donors (Lipinski definition) is 1. The van der Waals surface area contributed by atoms with E-state index in [0.29, 0.717) is 18.7 Å². The quantitative estimate of drug-likeness (QED) is 0.603. The van der Waals surface area contributed by atoms with Crippen LogP contribution in [0.3, 0.4) is 0 Å². The van der Waals surface area contributed by atoms with Gasteiger partial charge >= 0.3 is 12.0 Å². The molecule has 0 bridgehead atoms. The Hall–Kier alpha value is -1.96. The van der Waals surface area contributed by atoms with Gasteiger partial charge in [-0.05, 0) is 0 Å². The summed E-state index contributed by atoms with van der Waals surface area (Å²) >= 11 is 1.55. The molecule has 0 saturated heterocycles. The molecule has 0 spiro atoms. The molecule has 1 rings (SSSR count). The molecule has 23 heavy (non-hydrogen) atoms. The van der Waals surface area contributed by atoms with Crippen molar-refractivity contribution < 1.29 is 19.1 Å². The van der Waals surface area contributed by atoms with Gasteiger partial charge in [0, 0.05) is 24.3 Å². The van der Waals surface area contributed by atoms with Crippen LogP contribution in [0.25, 0.3) is 0 Å². The first kappa shape index (κ1) is 19.1. The van der Waals surface area contributed by atoms with Crippen LogP contribution in [-0.4, -0.2) is 48.4 Å². The van der Waals surface area contributed by atoms with Crippen LogP contribution in [0.2, 0.25) is 0 Å². The average Bonchev–Trinajstić information content (AvgIpc) is 2.99. The Morgan fingerprint density at radius 2 is 2.09 bits per heavy atom. The minimum atomic E-state index is -1.01. The molecular weight excluding hydrogens is 318 g/mol. The number of nitrogens with zero attached hydrogens (tertiary/aromatic N) is 2. The van der Waals surface area contributed by atoms with Gasteiger partial charge < -0.3 is 19.7 Å². The van der Waals surface area contributed by atoms with E-state index in [0.717, 1.165) is 10.7 Å². The first-order valence-electron chi connectivity index (χ1n) is 7.29. The van der Waals surface area contributed by atoms with Crippen molar-refractivity contribution >= 4 is 29.6 Å². The molecule has 0 radical (unpaired) electrons. The summed E-state index contributed by atoms with van der Waals surface area (Å²) in [5.41, 5.74) is 0.786. The predicted octanol–water partition coefficient (Wildman–Crippen LogP) is 1.78. The number of aldehydes is 1. The summed E-state index contributed by atoms with van der Waals surface area (Å²) in [6, 6.07) is -1.47. The summed E-state index contributed by atoms with van der Waals surface area (Å²) in [6.45, 7) is 5.98. The summed E-state index contributed by atoms with van der Waals surface area (Å²) in [4.78, 5) is 40.7. The van der Waals surface area contributed by atoms with Crippen molar-refractivity contribution in [3.63, 3.8) is 0 Å². The lowest BCUT2D eigenvalue weighted by Crippen LogP contribution is -2.50. The molecule has 1 unspecified atom stereocenters. The number of rotatable bonds is 7. The van der Waals surface area contributed by atoms with Crippen LogP contribution in [0.4, 0.5) is 4.79 Å². The lowest BCUT2D eigenvalue weighted by atomic mass is 10.0. The maximum atomic E-state index is 12.2. The number of ether oxygens (including phenoxy) is 1. The number of amides is 2. The van der Waals surface area contributed by atoms with Gasteiger partial charge in [0.2, 0.25) is 0 Å². The lowest BCUT2D eigenvalue weighted by molar-refractivity contribution is -0.145. The zero-order valence-electron chi connectivity index (χ0n) is 14.0. The number of aromatic nitrogens is 1. The number of thiazole rings is 1. The van der Waals surface area contributed by atoms with E-state index in [1.54, 1.807) is 25.3 Å². The van der Waals surface area contributed by atoms with Crippen molar-refractivity contribution in [3.05, 3.63) is 16.1 Å². The molecule has 0 fully saturated rings. The Morgan fingerprint density at radius 3 is 2.57 bits per heavy atom.